The van der Waals surface area contributed by atoms with E-state index >= 15 is 0 Å². The van der Waals surface area contributed by atoms with Crippen LogP contribution < -0.4 is 9.47 Å². The average Bonchev–Trinajstić information content (AvgIpc) is 2.65. The number of fused-ring (bicyclic) bond motifs is 1. The Morgan fingerprint density at radius 3 is 2.58 bits per heavy atom. The zero-order chi connectivity index (χ0) is 18.7. The van der Waals surface area contributed by atoms with Crippen LogP contribution in [0.5, 0.6) is 11.5 Å². The van der Waals surface area contributed by atoms with Gasteiger partial charge in [-0.3, -0.25) is 14.4 Å². The lowest BCUT2D eigenvalue weighted by molar-refractivity contribution is -0.144. The van der Waals surface area contributed by atoms with Gasteiger partial charge in [-0.2, -0.15) is 0 Å². The van der Waals surface area contributed by atoms with Gasteiger partial charge in [0.2, 0.25) is 5.91 Å². The maximum Gasteiger partial charge on any atom is 0.306 e. The van der Waals surface area contributed by atoms with Crippen LogP contribution in [0.4, 0.5) is 0 Å². The van der Waals surface area contributed by atoms with Crippen LogP contribution in [0.2, 0.25) is 0 Å². The predicted molar refractivity (Wildman–Crippen MR) is 92.4 cm³/mol. The van der Waals surface area contributed by atoms with Crippen LogP contribution in [0, 0.1) is 0 Å². The van der Waals surface area contributed by atoms with E-state index in [9.17, 15) is 14.4 Å². The lowest BCUT2D eigenvalue weighted by Gasteiger charge is -2.44. The first-order valence-corrected chi connectivity index (χ1v) is 8.71. The summed E-state index contributed by atoms with van der Waals surface area (Å²) < 4.78 is 16.0. The van der Waals surface area contributed by atoms with E-state index in [-0.39, 0.29) is 24.5 Å². The summed E-state index contributed by atoms with van der Waals surface area (Å²) in [6.07, 6.45) is 1.70. The molecule has 7 nitrogen and oxygen atoms in total. The fourth-order valence-corrected chi connectivity index (χ4v) is 3.51. The topological polar surface area (TPSA) is 82.1 Å². The van der Waals surface area contributed by atoms with Crippen molar-refractivity contribution in [3.63, 3.8) is 0 Å². The van der Waals surface area contributed by atoms with E-state index in [0.29, 0.717) is 49.4 Å². The Labute approximate surface area is 152 Å². The number of nitrogens with zero attached hydrogens (tertiary/aromatic N) is 1. The third-order valence-electron chi connectivity index (χ3n) is 5.10. The number of esters is 1. The van der Waals surface area contributed by atoms with Gasteiger partial charge in [-0.05, 0) is 12.1 Å². The molecule has 0 atom stereocenters. The largest absolute Gasteiger partial charge is 0.497 e. The lowest BCUT2D eigenvalue weighted by Crippen LogP contribution is -2.52. The van der Waals surface area contributed by atoms with Crippen LogP contribution in [0.25, 0.3) is 0 Å². The number of carbonyl (C=O) groups is 3. The van der Waals surface area contributed by atoms with Crippen LogP contribution >= 0.6 is 0 Å². The molecule has 0 aromatic heterocycles. The molecule has 0 unspecified atom stereocenters. The third kappa shape index (κ3) is 3.66. The number of methoxy groups -OCH3 is 2. The highest BCUT2D eigenvalue weighted by atomic mass is 16.5. The molecular weight excluding hydrogens is 338 g/mol. The van der Waals surface area contributed by atoms with Crippen molar-refractivity contribution in [1.29, 1.82) is 0 Å². The Hall–Kier alpha value is -2.57. The molecule has 0 N–H and O–H groups in total. The maximum atomic E-state index is 12.5. The number of hydrogen-bond acceptors (Lipinski definition) is 6. The average molecular weight is 361 g/mol. The Balaban J connectivity index is 1.64. The summed E-state index contributed by atoms with van der Waals surface area (Å²) in [5.74, 6) is 0.780. The number of rotatable bonds is 4. The van der Waals surface area contributed by atoms with Crippen molar-refractivity contribution < 1.29 is 28.6 Å². The Kier molecular flexibility index (Phi) is 5.15. The molecule has 0 bridgehead atoms. The molecule has 0 saturated carbocycles. The van der Waals surface area contributed by atoms with E-state index < -0.39 is 11.6 Å². The van der Waals surface area contributed by atoms with Crippen molar-refractivity contribution >= 4 is 17.7 Å². The summed E-state index contributed by atoms with van der Waals surface area (Å²) in [7, 11) is 2.88. The van der Waals surface area contributed by atoms with Gasteiger partial charge in [0.05, 0.1) is 32.6 Å². The molecule has 1 saturated heterocycles. The van der Waals surface area contributed by atoms with Gasteiger partial charge in [-0.1, -0.05) is 0 Å². The molecule has 140 valence electrons. The first-order valence-electron chi connectivity index (χ1n) is 8.71. The molecule has 0 aliphatic carbocycles. The molecular formula is C19H23NO6. The molecule has 7 heteroatoms. The first-order chi connectivity index (χ1) is 12.5. The minimum Gasteiger partial charge on any atom is -0.497 e. The van der Waals surface area contributed by atoms with Crippen LogP contribution in [-0.2, 0) is 14.3 Å². The van der Waals surface area contributed by atoms with E-state index in [4.69, 9.17) is 9.47 Å². The lowest BCUT2D eigenvalue weighted by atomic mass is 9.82. The fourth-order valence-electron chi connectivity index (χ4n) is 3.51. The number of benzene rings is 1. The first kappa shape index (κ1) is 18.2. The van der Waals surface area contributed by atoms with E-state index in [1.807, 2.05) is 0 Å². The van der Waals surface area contributed by atoms with Gasteiger partial charge in [-0.15, -0.1) is 0 Å². The van der Waals surface area contributed by atoms with Crippen molar-refractivity contribution in [3.8, 4) is 11.5 Å². The molecule has 1 aromatic carbocycles. The van der Waals surface area contributed by atoms with Gasteiger partial charge in [0.15, 0.2) is 5.78 Å². The molecule has 1 fully saturated rings. The van der Waals surface area contributed by atoms with Gasteiger partial charge in [-0.25, -0.2) is 0 Å². The summed E-state index contributed by atoms with van der Waals surface area (Å²) in [5.41, 5.74) is 0.00303. The smallest absolute Gasteiger partial charge is 0.306 e. The number of piperidine rings is 1. The molecule has 1 amide bonds. The predicted octanol–water partition coefficient (Wildman–Crippen LogP) is 1.97. The highest BCUT2D eigenvalue weighted by molar-refractivity contribution is 6.00. The van der Waals surface area contributed by atoms with E-state index in [0.717, 1.165) is 0 Å². The zero-order valence-corrected chi connectivity index (χ0v) is 15.1. The van der Waals surface area contributed by atoms with E-state index in [1.165, 1.54) is 7.11 Å². The Morgan fingerprint density at radius 2 is 1.92 bits per heavy atom. The van der Waals surface area contributed by atoms with Gasteiger partial charge in [0, 0.05) is 38.4 Å². The highest BCUT2D eigenvalue weighted by Crippen LogP contribution is 2.40. The Morgan fingerprint density at radius 1 is 1.19 bits per heavy atom. The number of hydrogen-bond donors (Lipinski definition) is 0. The monoisotopic (exact) mass is 361 g/mol. The molecule has 1 spiro atoms. The van der Waals surface area contributed by atoms with Crippen molar-refractivity contribution in [3.05, 3.63) is 23.8 Å². The quantitative estimate of drug-likeness (QED) is 0.763. The summed E-state index contributed by atoms with van der Waals surface area (Å²) in [6, 6.07) is 5.22. The van der Waals surface area contributed by atoms with Crippen molar-refractivity contribution in [1.82, 2.24) is 4.90 Å². The van der Waals surface area contributed by atoms with Crippen LogP contribution in [0.1, 0.15) is 42.5 Å². The van der Waals surface area contributed by atoms with Gasteiger partial charge >= 0.3 is 5.97 Å². The number of likely N-dealkylation sites (tertiary alicyclic amines) is 1. The van der Waals surface area contributed by atoms with Crippen molar-refractivity contribution in [2.45, 2.75) is 37.7 Å². The molecule has 2 heterocycles. The highest BCUT2D eigenvalue weighted by Gasteiger charge is 2.43. The molecule has 3 rings (SSSR count). The van der Waals surface area contributed by atoms with E-state index in [1.54, 1.807) is 30.2 Å². The minimum absolute atomic E-state index is 0.0550. The van der Waals surface area contributed by atoms with Crippen molar-refractivity contribution in [2.75, 3.05) is 27.3 Å². The molecule has 1 aromatic rings. The van der Waals surface area contributed by atoms with Gasteiger partial charge in [0.25, 0.3) is 0 Å². The number of carbonyl (C=O) groups excluding carboxylic acids is 3. The standard InChI is InChI=1S/C19H23NO6/c1-24-13-3-4-14-15(21)12-19(26-16(14)11-13)7-9-20(10-8-19)17(22)5-6-18(23)25-2/h3-4,11H,5-10,12H2,1-2H3. The van der Waals surface area contributed by atoms with Gasteiger partial charge < -0.3 is 19.1 Å². The molecule has 2 aliphatic rings. The second-order valence-electron chi connectivity index (χ2n) is 6.70. The maximum absolute atomic E-state index is 12.5. The fraction of sp³-hybridized carbons (Fsp3) is 0.526. The Bertz CT molecular complexity index is 721. The third-order valence-corrected chi connectivity index (χ3v) is 5.10. The molecule has 2 aliphatic heterocycles. The molecule has 26 heavy (non-hydrogen) atoms. The SMILES string of the molecule is COC(=O)CCC(=O)N1CCC2(CC1)CC(=O)c1ccc(OC)cc1O2. The number of amides is 1. The van der Waals surface area contributed by atoms with Crippen LogP contribution in [0.3, 0.4) is 0 Å². The van der Waals surface area contributed by atoms with Crippen LogP contribution in [-0.4, -0.2) is 55.5 Å². The minimum atomic E-state index is -0.574. The second kappa shape index (κ2) is 7.35. The second-order valence-corrected chi connectivity index (χ2v) is 6.70. The zero-order valence-electron chi connectivity index (χ0n) is 15.1. The summed E-state index contributed by atoms with van der Waals surface area (Å²) in [5, 5.41) is 0. The number of ketones is 1. The number of Topliss-reactive ketones (excluding diaryl/α,β-unsaturated/α-hetero) is 1. The normalized spacial score (nSPS) is 18.1. The molecule has 0 radical (unpaired) electrons. The van der Waals surface area contributed by atoms with E-state index in [2.05, 4.69) is 4.74 Å². The van der Waals surface area contributed by atoms with Crippen molar-refractivity contribution in [2.24, 2.45) is 0 Å². The summed E-state index contributed by atoms with van der Waals surface area (Å²) in [6.45, 7) is 1.01. The summed E-state index contributed by atoms with van der Waals surface area (Å²) in [4.78, 5) is 37.7. The van der Waals surface area contributed by atoms with Crippen LogP contribution in [0.15, 0.2) is 18.2 Å². The summed E-state index contributed by atoms with van der Waals surface area (Å²) >= 11 is 0. The van der Waals surface area contributed by atoms with Gasteiger partial charge in [0.1, 0.15) is 17.1 Å². The number of ether oxygens (including phenoxy) is 3.